The van der Waals surface area contributed by atoms with Crippen molar-refractivity contribution in [1.82, 2.24) is 5.32 Å². The number of nitrogens with two attached hydrogens (primary N) is 1. The lowest BCUT2D eigenvalue weighted by Crippen LogP contribution is -2.49. The lowest BCUT2D eigenvalue weighted by molar-refractivity contribution is -0.000139. The van der Waals surface area contributed by atoms with E-state index in [0.717, 1.165) is 25.9 Å². The van der Waals surface area contributed by atoms with Crippen LogP contribution in [0.3, 0.4) is 0 Å². The maximum atomic E-state index is 10.5. The third-order valence-corrected chi connectivity index (χ3v) is 4.69. The summed E-state index contributed by atoms with van der Waals surface area (Å²) in [6, 6.07) is 0.541. The van der Waals surface area contributed by atoms with E-state index in [2.05, 4.69) is 5.32 Å². The average Bonchev–Trinajstić information content (AvgIpc) is 2.38. The molecule has 3 nitrogen and oxygen atoms in total. The second-order valence-electron chi connectivity index (χ2n) is 6.05. The Morgan fingerprint density at radius 1 is 1.06 bits per heavy atom. The Labute approximate surface area is 105 Å². The van der Waals surface area contributed by atoms with Crippen molar-refractivity contribution in [3.63, 3.8) is 0 Å². The fraction of sp³-hybridized carbons (Fsp3) is 1.00. The normalized spacial score (nSPS) is 33.5. The van der Waals surface area contributed by atoms with Crippen LogP contribution in [0.25, 0.3) is 0 Å². The summed E-state index contributed by atoms with van der Waals surface area (Å²) in [4.78, 5) is 0. The fourth-order valence-corrected chi connectivity index (χ4v) is 3.47. The number of nitrogens with one attached hydrogen (secondary N) is 1. The van der Waals surface area contributed by atoms with Crippen LogP contribution in [0.2, 0.25) is 0 Å². The summed E-state index contributed by atoms with van der Waals surface area (Å²) in [7, 11) is 0. The first-order chi connectivity index (χ1) is 8.23. The molecule has 2 fully saturated rings. The quantitative estimate of drug-likeness (QED) is 0.702. The maximum absolute atomic E-state index is 10.5. The minimum Gasteiger partial charge on any atom is -0.389 e. The van der Waals surface area contributed by atoms with Gasteiger partial charge in [-0.05, 0) is 38.1 Å². The molecule has 0 radical (unpaired) electrons. The standard InChI is InChI=1S/C14H28N2O/c15-10-12-6-2-3-7-13(12)16-11-14(17)8-4-1-5-9-14/h12-13,16-17H,1-11,15H2. The van der Waals surface area contributed by atoms with Gasteiger partial charge in [0.15, 0.2) is 0 Å². The van der Waals surface area contributed by atoms with Crippen LogP contribution in [-0.4, -0.2) is 29.8 Å². The SMILES string of the molecule is NCC1CCCCC1NCC1(O)CCCCC1. The van der Waals surface area contributed by atoms with E-state index >= 15 is 0 Å². The van der Waals surface area contributed by atoms with E-state index in [-0.39, 0.29) is 0 Å². The molecule has 2 aliphatic rings. The molecule has 0 heterocycles. The van der Waals surface area contributed by atoms with Crippen LogP contribution in [0.1, 0.15) is 57.8 Å². The third-order valence-electron chi connectivity index (χ3n) is 4.69. The van der Waals surface area contributed by atoms with Crippen molar-refractivity contribution in [2.75, 3.05) is 13.1 Å². The largest absolute Gasteiger partial charge is 0.389 e. The molecule has 0 saturated heterocycles. The van der Waals surface area contributed by atoms with Gasteiger partial charge >= 0.3 is 0 Å². The zero-order valence-electron chi connectivity index (χ0n) is 11.0. The monoisotopic (exact) mass is 240 g/mol. The second kappa shape index (κ2) is 6.17. The molecule has 17 heavy (non-hydrogen) atoms. The lowest BCUT2D eigenvalue weighted by Gasteiger charge is -2.37. The summed E-state index contributed by atoms with van der Waals surface area (Å²) in [6.45, 7) is 1.56. The van der Waals surface area contributed by atoms with Gasteiger partial charge in [-0.15, -0.1) is 0 Å². The van der Waals surface area contributed by atoms with E-state index in [1.165, 1.54) is 44.9 Å². The second-order valence-corrected chi connectivity index (χ2v) is 6.05. The van der Waals surface area contributed by atoms with Crippen molar-refractivity contribution in [2.24, 2.45) is 11.7 Å². The summed E-state index contributed by atoms with van der Waals surface area (Å²) in [5.74, 6) is 0.621. The van der Waals surface area contributed by atoms with Crippen molar-refractivity contribution < 1.29 is 5.11 Å². The summed E-state index contributed by atoms with van der Waals surface area (Å²) in [6.07, 6.45) is 10.7. The summed E-state index contributed by atoms with van der Waals surface area (Å²) >= 11 is 0. The molecule has 2 aliphatic carbocycles. The van der Waals surface area contributed by atoms with Gasteiger partial charge in [0, 0.05) is 12.6 Å². The molecule has 0 aliphatic heterocycles. The smallest absolute Gasteiger partial charge is 0.0771 e. The third kappa shape index (κ3) is 3.67. The van der Waals surface area contributed by atoms with Gasteiger partial charge in [0.1, 0.15) is 0 Å². The Bertz CT molecular complexity index is 226. The summed E-state index contributed by atoms with van der Waals surface area (Å²) in [5.41, 5.74) is 5.40. The average molecular weight is 240 g/mol. The number of hydrogen-bond acceptors (Lipinski definition) is 3. The van der Waals surface area contributed by atoms with Gasteiger partial charge in [0.05, 0.1) is 5.60 Å². The Balaban J connectivity index is 1.79. The molecule has 2 rings (SSSR count). The zero-order chi connectivity index (χ0) is 12.1. The predicted octanol–water partition coefficient (Wildman–Crippen LogP) is 1.79. The Hall–Kier alpha value is -0.120. The predicted molar refractivity (Wildman–Crippen MR) is 70.8 cm³/mol. The van der Waals surface area contributed by atoms with Crippen LogP contribution < -0.4 is 11.1 Å². The van der Waals surface area contributed by atoms with Crippen LogP contribution in [-0.2, 0) is 0 Å². The van der Waals surface area contributed by atoms with Crippen LogP contribution in [0, 0.1) is 5.92 Å². The number of rotatable bonds is 4. The molecule has 4 N–H and O–H groups in total. The van der Waals surface area contributed by atoms with E-state index < -0.39 is 5.60 Å². The van der Waals surface area contributed by atoms with E-state index in [1.54, 1.807) is 0 Å². The number of hydrogen-bond donors (Lipinski definition) is 3. The molecule has 0 aromatic heterocycles. The highest BCUT2D eigenvalue weighted by Gasteiger charge is 2.31. The summed E-state index contributed by atoms with van der Waals surface area (Å²) in [5, 5.41) is 14.1. The number of aliphatic hydroxyl groups is 1. The van der Waals surface area contributed by atoms with Gasteiger partial charge in [-0.1, -0.05) is 32.1 Å². The van der Waals surface area contributed by atoms with Gasteiger partial charge < -0.3 is 16.2 Å². The first kappa shape index (κ1) is 13.3. The molecule has 100 valence electrons. The lowest BCUT2D eigenvalue weighted by atomic mass is 9.82. The molecule has 2 unspecified atom stereocenters. The minimum absolute atomic E-state index is 0.436. The molecule has 0 aromatic carbocycles. The van der Waals surface area contributed by atoms with Crippen molar-refractivity contribution in [1.29, 1.82) is 0 Å². The zero-order valence-corrected chi connectivity index (χ0v) is 11.0. The maximum Gasteiger partial charge on any atom is 0.0771 e. The highest BCUT2D eigenvalue weighted by Crippen LogP contribution is 2.29. The molecule has 0 bridgehead atoms. The summed E-state index contributed by atoms with van der Waals surface area (Å²) < 4.78 is 0. The van der Waals surface area contributed by atoms with Gasteiger partial charge in [0.25, 0.3) is 0 Å². The first-order valence-electron chi connectivity index (χ1n) is 7.39. The molecule has 0 spiro atoms. The minimum atomic E-state index is -0.436. The van der Waals surface area contributed by atoms with Crippen molar-refractivity contribution in [3.05, 3.63) is 0 Å². The Morgan fingerprint density at radius 2 is 1.76 bits per heavy atom. The van der Waals surface area contributed by atoms with Gasteiger partial charge in [-0.3, -0.25) is 0 Å². The van der Waals surface area contributed by atoms with Crippen molar-refractivity contribution in [3.8, 4) is 0 Å². The van der Waals surface area contributed by atoms with Crippen molar-refractivity contribution >= 4 is 0 Å². The van der Waals surface area contributed by atoms with E-state index in [1.807, 2.05) is 0 Å². The van der Waals surface area contributed by atoms with E-state index in [4.69, 9.17) is 5.73 Å². The van der Waals surface area contributed by atoms with Crippen LogP contribution in [0.15, 0.2) is 0 Å². The van der Waals surface area contributed by atoms with Crippen LogP contribution in [0.4, 0.5) is 0 Å². The van der Waals surface area contributed by atoms with Gasteiger partial charge in [-0.2, -0.15) is 0 Å². The van der Waals surface area contributed by atoms with E-state index in [0.29, 0.717) is 12.0 Å². The highest BCUT2D eigenvalue weighted by atomic mass is 16.3. The first-order valence-corrected chi connectivity index (χ1v) is 7.39. The molecule has 3 heteroatoms. The molecule has 0 aromatic rings. The molecule has 0 amide bonds. The highest BCUT2D eigenvalue weighted by molar-refractivity contribution is 4.88. The van der Waals surface area contributed by atoms with Crippen LogP contribution in [0.5, 0.6) is 0 Å². The van der Waals surface area contributed by atoms with Gasteiger partial charge in [-0.25, -0.2) is 0 Å². The van der Waals surface area contributed by atoms with E-state index in [9.17, 15) is 5.11 Å². The molecular weight excluding hydrogens is 212 g/mol. The molecular formula is C14H28N2O. The Morgan fingerprint density at radius 3 is 2.47 bits per heavy atom. The van der Waals surface area contributed by atoms with Gasteiger partial charge in [0.2, 0.25) is 0 Å². The molecule has 2 atom stereocenters. The fourth-order valence-electron chi connectivity index (χ4n) is 3.47. The Kier molecular flexibility index (Phi) is 4.83. The molecule has 2 saturated carbocycles. The topological polar surface area (TPSA) is 58.3 Å². The van der Waals surface area contributed by atoms with Crippen molar-refractivity contribution in [2.45, 2.75) is 69.4 Å². The van der Waals surface area contributed by atoms with Crippen LogP contribution >= 0.6 is 0 Å².